The summed E-state index contributed by atoms with van der Waals surface area (Å²) >= 11 is 0. The molecule has 1 heterocycles. The van der Waals surface area contributed by atoms with Gasteiger partial charge < -0.3 is 30.8 Å². The van der Waals surface area contributed by atoms with Crippen LogP contribution in [0.2, 0.25) is 6.32 Å². The number of hydrogen-bond donors (Lipinski definition) is 5. The van der Waals surface area contributed by atoms with Gasteiger partial charge >= 0.3 is 12.7 Å². The molecule has 0 amide bonds. The summed E-state index contributed by atoms with van der Waals surface area (Å²) in [5.74, 6) is -0.909. The van der Waals surface area contributed by atoms with E-state index in [1.54, 1.807) is 0 Å². The number of piperidine rings is 1. The number of likely N-dealkylation sites (tertiary alicyclic amines) is 1. The fourth-order valence-corrected chi connectivity index (χ4v) is 2.78. The second kappa shape index (κ2) is 8.10. The summed E-state index contributed by atoms with van der Waals surface area (Å²) in [6, 6.07) is 0. The molecule has 8 heteroatoms. The first-order valence-corrected chi connectivity index (χ1v) is 7.87. The summed E-state index contributed by atoms with van der Waals surface area (Å²) in [7, 11) is 0. The summed E-state index contributed by atoms with van der Waals surface area (Å²) in [5, 5.41) is 36.0. The van der Waals surface area contributed by atoms with Gasteiger partial charge in [0, 0.05) is 19.4 Å². The molecule has 1 saturated heterocycles. The lowest BCUT2D eigenvalue weighted by atomic mass is 9.73. The van der Waals surface area contributed by atoms with Crippen molar-refractivity contribution in [2.24, 2.45) is 0 Å². The smallest absolute Gasteiger partial charge is 0.371 e. The van der Waals surface area contributed by atoms with E-state index in [4.69, 9.17) is 15.1 Å². The number of carboxylic acid groups (broad SMARTS) is 1. The average Bonchev–Trinajstić information content (AvgIpc) is 2.41. The monoisotopic (exact) mass is 304 g/mol. The van der Waals surface area contributed by atoms with E-state index in [1.165, 1.54) is 19.3 Å². The first-order valence-electron chi connectivity index (χ1n) is 7.87. The van der Waals surface area contributed by atoms with E-state index in [-0.39, 0.29) is 6.32 Å². The Morgan fingerprint density at radius 1 is 1.10 bits per heavy atom. The predicted octanol–water partition coefficient (Wildman–Crippen LogP) is -0.986. The van der Waals surface area contributed by atoms with Crippen molar-refractivity contribution >= 4 is 12.7 Å². The van der Waals surface area contributed by atoms with Crippen molar-refractivity contribution in [2.45, 2.75) is 56.8 Å². The van der Waals surface area contributed by atoms with Crippen LogP contribution in [0.15, 0.2) is 0 Å². The molecule has 1 fully saturated rings. The van der Waals surface area contributed by atoms with Crippen molar-refractivity contribution in [3.8, 4) is 0 Å². The highest BCUT2D eigenvalue weighted by Gasteiger charge is 2.38. The maximum Gasteiger partial charge on any atom is 0.371 e. The van der Waals surface area contributed by atoms with Crippen LogP contribution in [0.1, 0.15) is 44.9 Å². The molecule has 0 radical (unpaired) electrons. The highest BCUT2D eigenvalue weighted by atomic mass is 16.5. The standard InChI is InChI=1S/C13H28BN2O5/c15-13(12(17)18,6-2-3-8-14(19,20)21)7-11-16-9-4-1-5-10-16/h19-21H,1-11,15H2,(H,17,18)/q-1/p+1/t13-/m1/s1. The SMILES string of the molecule is [NH3+][C@](CCCC[B-](O)(O)O)(CCN1CCCCC1)C(=O)O. The Morgan fingerprint density at radius 3 is 2.24 bits per heavy atom. The van der Waals surface area contributed by atoms with Crippen molar-refractivity contribution in [1.82, 2.24) is 4.90 Å². The van der Waals surface area contributed by atoms with E-state index in [2.05, 4.69) is 10.6 Å². The van der Waals surface area contributed by atoms with Crippen molar-refractivity contribution in [3.05, 3.63) is 0 Å². The normalized spacial score (nSPS) is 20.2. The Balaban J connectivity index is 2.36. The molecule has 0 aromatic heterocycles. The lowest BCUT2D eigenvalue weighted by molar-refractivity contribution is -0.465. The highest BCUT2D eigenvalue weighted by molar-refractivity contribution is 6.56. The fourth-order valence-electron chi connectivity index (χ4n) is 2.78. The zero-order chi connectivity index (χ0) is 15.9. The summed E-state index contributed by atoms with van der Waals surface area (Å²) in [5.41, 5.74) is 2.84. The van der Waals surface area contributed by atoms with Gasteiger partial charge in [-0.3, -0.25) is 0 Å². The van der Waals surface area contributed by atoms with Crippen LogP contribution in [0.4, 0.5) is 0 Å². The van der Waals surface area contributed by atoms with E-state index in [1.807, 2.05) is 0 Å². The fraction of sp³-hybridized carbons (Fsp3) is 0.923. The van der Waals surface area contributed by atoms with Gasteiger partial charge in [0.05, 0.1) is 0 Å². The zero-order valence-electron chi connectivity index (χ0n) is 12.7. The van der Waals surface area contributed by atoms with Gasteiger partial charge in [-0.1, -0.05) is 19.2 Å². The Bertz CT molecular complexity index is 331. The molecule has 0 bridgehead atoms. The number of hydrogen-bond acceptors (Lipinski definition) is 5. The quantitative estimate of drug-likeness (QED) is 0.275. The van der Waals surface area contributed by atoms with Crippen molar-refractivity contribution in [1.29, 1.82) is 0 Å². The molecule has 21 heavy (non-hydrogen) atoms. The molecule has 0 aliphatic carbocycles. The third-order valence-corrected chi connectivity index (χ3v) is 4.31. The van der Waals surface area contributed by atoms with Gasteiger partial charge in [-0.2, -0.15) is 0 Å². The van der Waals surface area contributed by atoms with Crippen LogP contribution in [0, 0.1) is 0 Å². The Hall–Kier alpha value is -0.665. The second-order valence-corrected chi connectivity index (χ2v) is 6.38. The van der Waals surface area contributed by atoms with Crippen LogP contribution in [0.5, 0.6) is 0 Å². The lowest BCUT2D eigenvalue weighted by Gasteiger charge is -2.29. The first-order chi connectivity index (χ1) is 9.73. The van der Waals surface area contributed by atoms with Crippen LogP contribution in [0.3, 0.4) is 0 Å². The molecule has 0 aromatic rings. The molecule has 0 saturated carbocycles. The van der Waals surface area contributed by atoms with E-state index in [0.717, 1.165) is 19.6 Å². The Kier molecular flexibility index (Phi) is 7.09. The molecular formula is C13H29BN2O5. The van der Waals surface area contributed by atoms with E-state index < -0.39 is 18.3 Å². The molecule has 7 nitrogen and oxygen atoms in total. The number of unbranched alkanes of at least 4 members (excludes halogenated alkanes) is 1. The molecule has 0 aromatic carbocycles. The number of carboxylic acids is 1. The van der Waals surface area contributed by atoms with Crippen molar-refractivity contribution < 1.29 is 30.7 Å². The van der Waals surface area contributed by atoms with Gasteiger partial charge in [-0.15, -0.1) is 0 Å². The zero-order valence-corrected chi connectivity index (χ0v) is 12.7. The molecule has 1 aliphatic heterocycles. The number of nitrogens with zero attached hydrogens (tertiary/aromatic N) is 1. The Morgan fingerprint density at radius 2 is 1.71 bits per heavy atom. The molecule has 1 rings (SSSR count). The lowest BCUT2D eigenvalue weighted by Crippen LogP contribution is -2.77. The van der Waals surface area contributed by atoms with Gasteiger partial charge in [-0.25, -0.2) is 4.79 Å². The van der Waals surface area contributed by atoms with E-state index >= 15 is 0 Å². The van der Waals surface area contributed by atoms with Gasteiger partial charge in [0.1, 0.15) is 0 Å². The number of rotatable bonds is 9. The van der Waals surface area contributed by atoms with Crippen LogP contribution in [-0.4, -0.2) is 63.0 Å². The molecule has 1 aliphatic rings. The summed E-state index contributed by atoms with van der Waals surface area (Å²) in [4.78, 5) is 13.7. The topological polar surface area (TPSA) is 129 Å². The summed E-state index contributed by atoms with van der Waals surface area (Å²) in [6.07, 6.45) is 5.21. The average molecular weight is 304 g/mol. The van der Waals surface area contributed by atoms with Gasteiger partial charge in [0.2, 0.25) is 0 Å². The number of carbonyl (C=O) groups is 1. The van der Waals surface area contributed by atoms with Crippen LogP contribution in [-0.2, 0) is 4.79 Å². The van der Waals surface area contributed by atoms with E-state index in [9.17, 15) is 9.90 Å². The maximum absolute atomic E-state index is 11.5. The minimum atomic E-state index is -3.27. The van der Waals surface area contributed by atoms with Crippen molar-refractivity contribution in [3.63, 3.8) is 0 Å². The van der Waals surface area contributed by atoms with Crippen LogP contribution >= 0.6 is 0 Å². The molecule has 7 N–H and O–H groups in total. The summed E-state index contributed by atoms with van der Waals surface area (Å²) in [6.45, 7) is -0.471. The van der Waals surface area contributed by atoms with E-state index in [0.29, 0.717) is 25.7 Å². The summed E-state index contributed by atoms with van der Waals surface area (Å²) < 4.78 is 0. The molecule has 124 valence electrons. The maximum atomic E-state index is 11.5. The number of quaternary nitrogens is 1. The van der Waals surface area contributed by atoms with Crippen LogP contribution < -0.4 is 5.73 Å². The molecule has 1 atom stereocenters. The molecule has 0 unspecified atom stereocenters. The first kappa shape index (κ1) is 18.4. The number of aliphatic carboxylic acids is 1. The van der Waals surface area contributed by atoms with Gasteiger partial charge in [0.25, 0.3) is 0 Å². The van der Waals surface area contributed by atoms with Crippen LogP contribution in [0.25, 0.3) is 0 Å². The van der Waals surface area contributed by atoms with Gasteiger partial charge in [-0.05, 0) is 32.4 Å². The minimum Gasteiger partial charge on any atom is -0.560 e. The second-order valence-electron chi connectivity index (χ2n) is 6.38. The van der Waals surface area contributed by atoms with Gasteiger partial charge in [0.15, 0.2) is 5.54 Å². The third kappa shape index (κ3) is 7.24. The Labute approximate surface area is 125 Å². The molecule has 0 spiro atoms. The van der Waals surface area contributed by atoms with Crippen molar-refractivity contribution in [2.75, 3.05) is 19.6 Å². The predicted molar refractivity (Wildman–Crippen MR) is 79.2 cm³/mol. The largest absolute Gasteiger partial charge is 0.560 e. The highest BCUT2D eigenvalue weighted by Crippen LogP contribution is 2.19. The minimum absolute atomic E-state index is 0.123. The third-order valence-electron chi connectivity index (χ3n) is 4.31. The molecular weight excluding hydrogens is 275 g/mol.